The Morgan fingerprint density at radius 3 is 2.76 bits per heavy atom. The second kappa shape index (κ2) is 5.76. The molecule has 2 aromatic rings. The van der Waals surface area contributed by atoms with E-state index in [2.05, 4.69) is 4.98 Å². The first-order valence-corrected chi connectivity index (χ1v) is 6.07. The third-order valence-corrected chi connectivity index (χ3v) is 2.98. The topological polar surface area (TPSA) is 103 Å². The number of ether oxygens (including phenoxy) is 1. The van der Waals surface area contributed by atoms with Gasteiger partial charge in [-0.1, -0.05) is 11.6 Å². The van der Waals surface area contributed by atoms with E-state index in [9.17, 15) is 14.9 Å². The van der Waals surface area contributed by atoms with Gasteiger partial charge in [-0.25, -0.2) is 4.79 Å². The number of carboxylic acids is 1. The molecule has 1 aromatic heterocycles. The van der Waals surface area contributed by atoms with Crippen LogP contribution >= 0.6 is 11.6 Å². The molecular weight excluding hydrogens is 300 g/mol. The number of carbonyl (C=O) groups is 1. The highest BCUT2D eigenvalue weighted by Gasteiger charge is 2.18. The number of hydrogen-bond acceptors (Lipinski definition) is 5. The zero-order chi connectivity index (χ0) is 15.6. The fourth-order valence-electron chi connectivity index (χ4n) is 1.65. The molecule has 0 aliphatic carbocycles. The Hall–Kier alpha value is -2.67. The van der Waals surface area contributed by atoms with Crippen LogP contribution in [-0.4, -0.2) is 21.0 Å². The molecule has 8 heteroatoms. The molecule has 0 fully saturated rings. The average Bonchev–Trinajstić information content (AvgIpc) is 2.42. The number of nitro benzene ring substituents is 1. The van der Waals surface area contributed by atoms with Crippen LogP contribution in [0.1, 0.15) is 15.9 Å². The van der Waals surface area contributed by atoms with Gasteiger partial charge in [0.1, 0.15) is 16.3 Å². The molecule has 0 bridgehead atoms. The molecule has 0 aliphatic heterocycles. The molecular formula is C13H9ClN2O5. The summed E-state index contributed by atoms with van der Waals surface area (Å²) in [6, 6.07) is 3.82. The van der Waals surface area contributed by atoms with Crippen molar-refractivity contribution in [1.29, 1.82) is 0 Å². The summed E-state index contributed by atoms with van der Waals surface area (Å²) in [6.45, 7) is 1.59. The Labute approximate surface area is 123 Å². The highest BCUT2D eigenvalue weighted by Crippen LogP contribution is 2.35. The fourth-order valence-corrected chi connectivity index (χ4v) is 1.88. The molecule has 0 amide bonds. The lowest BCUT2D eigenvalue weighted by molar-refractivity contribution is -0.384. The van der Waals surface area contributed by atoms with Crippen molar-refractivity contribution < 1.29 is 19.6 Å². The number of hydrogen-bond donors (Lipinski definition) is 1. The van der Waals surface area contributed by atoms with Gasteiger partial charge in [0, 0.05) is 18.3 Å². The lowest BCUT2D eigenvalue weighted by Crippen LogP contribution is -2.01. The first kappa shape index (κ1) is 14.7. The largest absolute Gasteiger partial charge is 0.478 e. The summed E-state index contributed by atoms with van der Waals surface area (Å²) in [7, 11) is 0. The zero-order valence-corrected chi connectivity index (χ0v) is 11.5. The molecule has 21 heavy (non-hydrogen) atoms. The molecule has 0 atom stereocenters. The van der Waals surface area contributed by atoms with Gasteiger partial charge in [0.05, 0.1) is 11.1 Å². The molecule has 0 saturated carbocycles. The van der Waals surface area contributed by atoms with Crippen LogP contribution in [0.5, 0.6) is 11.5 Å². The predicted molar refractivity (Wildman–Crippen MR) is 74.1 cm³/mol. The normalized spacial score (nSPS) is 10.2. The fraction of sp³-hybridized carbons (Fsp3) is 0.0769. The van der Waals surface area contributed by atoms with Gasteiger partial charge in [0.25, 0.3) is 5.69 Å². The average molecular weight is 309 g/mol. The number of carboxylic acid groups (broad SMARTS) is 1. The second-order valence-corrected chi connectivity index (χ2v) is 4.51. The number of aromatic nitrogens is 1. The summed E-state index contributed by atoms with van der Waals surface area (Å²) in [5, 5.41) is 19.7. The van der Waals surface area contributed by atoms with Crippen molar-refractivity contribution in [1.82, 2.24) is 4.98 Å². The van der Waals surface area contributed by atoms with E-state index >= 15 is 0 Å². The van der Waals surface area contributed by atoms with E-state index in [-0.39, 0.29) is 27.8 Å². The molecule has 1 heterocycles. The Balaban J connectivity index is 2.44. The van der Waals surface area contributed by atoms with Crippen LogP contribution in [0.25, 0.3) is 0 Å². The Morgan fingerprint density at radius 2 is 2.14 bits per heavy atom. The van der Waals surface area contributed by atoms with Crippen LogP contribution in [0, 0.1) is 17.0 Å². The summed E-state index contributed by atoms with van der Waals surface area (Å²) in [6.07, 6.45) is 2.57. The van der Waals surface area contributed by atoms with Crippen molar-refractivity contribution in [3.8, 4) is 11.5 Å². The minimum atomic E-state index is -1.17. The summed E-state index contributed by atoms with van der Waals surface area (Å²) in [4.78, 5) is 25.1. The summed E-state index contributed by atoms with van der Waals surface area (Å²) >= 11 is 5.81. The van der Waals surface area contributed by atoms with E-state index in [0.717, 1.165) is 0 Å². The van der Waals surface area contributed by atoms with Gasteiger partial charge in [-0.05, 0) is 18.6 Å². The molecule has 0 aliphatic rings. The van der Waals surface area contributed by atoms with E-state index in [4.69, 9.17) is 21.4 Å². The summed E-state index contributed by atoms with van der Waals surface area (Å²) in [5.74, 6) is -0.919. The Bertz CT molecular complexity index is 732. The molecule has 0 unspecified atom stereocenters. The van der Waals surface area contributed by atoms with Crippen LogP contribution in [0.2, 0.25) is 5.02 Å². The maximum Gasteiger partial charge on any atom is 0.339 e. The smallest absolute Gasteiger partial charge is 0.339 e. The van der Waals surface area contributed by atoms with Crippen LogP contribution < -0.4 is 4.74 Å². The number of pyridine rings is 1. The number of nitrogens with zero attached hydrogens (tertiary/aromatic N) is 2. The minimum absolute atomic E-state index is 0.0259. The highest BCUT2D eigenvalue weighted by molar-refractivity contribution is 6.32. The molecule has 0 spiro atoms. The molecule has 7 nitrogen and oxygen atoms in total. The zero-order valence-electron chi connectivity index (χ0n) is 10.7. The predicted octanol–water partition coefficient (Wildman–Crippen LogP) is 3.44. The van der Waals surface area contributed by atoms with Gasteiger partial charge in [0.15, 0.2) is 5.75 Å². The van der Waals surface area contributed by atoms with Gasteiger partial charge in [-0.15, -0.1) is 0 Å². The van der Waals surface area contributed by atoms with Crippen molar-refractivity contribution >= 4 is 23.3 Å². The number of nitro groups is 1. The van der Waals surface area contributed by atoms with Gasteiger partial charge in [0.2, 0.25) is 0 Å². The standard InChI is InChI=1S/C13H9ClN2O5/c1-7-4-10(16(19)20)9(14)5-11(7)21-12-6-15-3-2-8(12)13(17)18/h2-6H,1H3,(H,17,18). The van der Waals surface area contributed by atoms with E-state index in [1.165, 1.54) is 30.6 Å². The van der Waals surface area contributed by atoms with Crippen molar-refractivity contribution in [3.63, 3.8) is 0 Å². The van der Waals surface area contributed by atoms with E-state index in [1.807, 2.05) is 0 Å². The van der Waals surface area contributed by atoms with Crippen LogP contribution in [0.4, 0.5) is 5.69 Å². The molecule has 0 radical (unpaired) electrons. The number of rotatable bonds is 4. The van der Waals surface area contributed by atoms with Gasteiger partial charge >= 0.3 is 5.97 Å². The van der Waals surface area contributed by atoms with E-state index in [0.29, 0.717) is 5.56 Å². The third-order valence-electron chi connectivity index (χ3n) is 2.68. The first-order chi connectivity index (χ1) is 9.90. The number of benzene rings is 1. The third kappa shape index (κ3) is 3.09. The molecule has 2 rings (SSSR count). The quantitative estimate of drug-likeness (QED) is 0.685. The van der Waals surface area contributed by atoms with Gasteiger partial charge in [-0.2, -0.15) is 0 Å². The van der Waals surface area contributed by atoms with E-state index < -0.39 is 10.9 Å². The van der Waals surface area contributed by atoms with Gasteiger partial charge in [-0.3, -0.25) is 15.1 Å². The van der Waals surface area contributed by atoms with Crippen LogP contribution in [0.15, 0.2) is 30.6 Å². The monoisotopic (exact) mass is 308 g/mol. The molecule has 0 saturated heterocycles. The van der Waals surface area contributed by atoms with Crippen LogP contribution in [0.3, 0.4) is 0 Å². The lowest BCUT2D eigenvalue weighted by Gasteiger charge is -2.10. The summed E-state index contributed by atoms with van der Waals surface area (Å²) < 4.78 is 5.47. The van der Waals surface area contributed by atoms with E-state index in [1.54, 1.807) is 6.92 Å². The maximum absolute atomic E-state index is 11.1. The van der Waals surface area contributed by atoms with Crippen molar-refractivity contribution in [2.24, 2.45) is 0 Å². The Morgan fingerprint density at radius 1 is 1.43 bits per heavy atom. The molecule has 1 N–H and O–H groups in total. The minimum Gasteiger partial charge on any atom is -0.478 e. The molecule has 1 aromatic carbocycles. The number of halogens is 1. The first-order valence-electron chi connectivity index (χ1n) is 5.70. The van der Waals surface area contributed by atoms with Crippen LogP contribution in [-0.2, 0) is 0 Å². The maximum atomic E-state index is 11.1. The lowest BCUT2D eigenvalue weighted by atomic mass is 10.2. The van der Waals surface area contributed by atoms with Gasteiger partial charge < -0.3 is 9.84 Å². The highest BCUT2D eigenvalue weighted by atomic mass is 35.5. The second-order valence-electron chi connectivity index (χ2n) is 4.11. The van der Waals surface area contributed by atoms with Crippen molar-refractivity contribution in [2.75, 3.05) is 0 Å². The molecule has 108 valence electrons. The number of aryl methyl sites for hydroxylation is 1. The van der Waals surface area contributed by atoms with Crippen molar-refractivity contribution in [3.05, 3.63) is 56.9 Å². The Kier molecular flexibility index (Phi) is 4.04. The summed E-state index contributed by atoms with van der Waals surface area (Å²) in [5.41, 5.74) is 0.135. The van der Waals surface area contributed by atoms with Crippen molar-refractivity contribution in [2.45, 2.75) is 6.92 Å². The number of aromatic carboxylic acids is 1. The SMILES string of the molecule is Cc1cc([N+](=O)[O-])c(Cl)cc1Oc1cnccc1C(=O)O.